The second kappa shape index (κ2) is 8.44. The van der Waals surface area contributed by atoms with Crippen LogP contribution in [0, 0.1) is 0 Å². The number of rotatable bonds is 8. The first-order chi connectivity index (χ1) is 10.3. The van der Waals surface area contributed by atoms with E-state index >= 15 is 0 Å². The monoisotopic (exact) mass is 304 g/mol. The smallest absolute Gasteiger partial charge is 0.221 e. The number of benzene rings is 1. The van der Waals surface area contributed by atoms with E-state index in [-0.39, 0.29) is 5.91 Å². The number of carbonyl (C=O) groups is 1. The van der Waals surface area contributed by atoms with Gasteiger partial charge in [0.05, 0.1) is 12.3 Å². The quantitative estimate of drug-likeness (QED) is 0.736. The Labute approximate surface area is 129 Å². The highest BCUT2D eigenvalue weighted by Crippen LogP contribution is 2.21. The third-order valence-electron chi connectivity index (χ3n) is 2.85. The molecule has 0 atom stereocenters. The fourth-order valence-corrected chi connectivity index (χ4v) is 2.68. The van der Waals surface area contributed by atoms with Crippen molar-refractivity contribution >= 4 is 22.9 Å². The minimum atomic E-state index is -0.0362. The summed E-state index contributed by atoms with van der Waals surface area (Å²) in [7, 11) is 0. The highest BCUT2D eigenvalue weighted by atomic mass is 32.1. The van der Waals surface area contributed by atoms with Gasteiger partial charge in [0.2, 0.25) is 5.91 Å². The van der Waals surface area contributed by atoms with Crippen molar-refractivity contribution in [1.29, 1.82) is 0 Å². The molecule has 0 bridgehead atoms. The Morgan fingerprint density at radius 1 is 1.24 bits per heavy atom. The summed E-state index contributed by atoms with van der Waals surface area (Å²) in [6.07, 6.45) is 0.940. The molecule has 21 heavy (non-hydrogen) atoms. The summed E-state index contributed by atoms with van der Waals surface area (Å²) in [5, 5.41) is 8.19. The summed E-state index contributed by atoms with van der Waals surface area (Å²) in [5.41, 5.74) is 0.903. The zero-order valence-corrected chi connectivity index (χ0v) is 12.9. The highest BCUT2D eigenvalue weighted by Gasteiger charge is 2.04. The van der Waals surface area contributed by atoms with Gasteiger partial charge in [0.1, 0.15) is 5.75 Å². The summed E-state index contributed by atoms with van der Waals surface area (Å²) in [6.45, 7) is 3.86. The van der Waals surface area contributed by atoms with E-state index in [4.69, 9.17) is 4.74 Å². The summed E-state index contributed by atoms with van der Waals surface area (Å²) in [5.74, 6) is 0.870. The lowest BCUT2D eigenvalue weighted by Gasteiger charge is -2.08. The largest absolute Gasteiger partial charge is 0.494 e. The van der Waals surface area contributed by atoms with E-state index in [0.717, 1.165) is 35.8 Å². The molecule has 2 N–H and O–H groups in total. The summed E-state index contributed by atoms with van der Waals surface area (Å²) in [4.78, 5) is 12.2. The van der Waals surface area contributed by atoms with Crippen molar-refractivity contribution in [2.75, 3.05) is 18.5 Å². The predicted octanol–water partition coefficient (Wildman–Crippen LogP) is 3.27. The maximum atomic E-state index is 11.1. The highest BCUT2D eigenvalue weighted by molar-refractivity contribution is 7.10. The number of carbonyl (C=O) groups excluding carboxylic acids is 1. The fourth-order valence-electron chi connectivity index (χ4n) is 1.88. The lowest BCUT2D eigenvalue weighted by Crippen LogP contribution is -2.17. The molecule has 0 aliphatic rings. The molecule has 0 aliphatic carbocycles. The second-order valence-electron chi connectivity index (χ2n) is 4.63. The van der Waals surface area contributed by atoms with Gasteiger partial charge in [-0.3, -0.25) is 4.79 Å². The first kappa shape index (κ1) is 15.5. The van der Waals surface area contributed by atoms with Crippen molar-refractivity contribution in [2.45, 2.75) is 19.9 Å². The van der Waals surface area contributed by atoms with Crippen LogP contribution in [0.15, 0.2) is 41.8 Å². The molecule has 1 aromatic carbocycles. The Morgan fingerprint density at radius 2 is 2.05 bits per heavy atom. The number of para-hydroxylation sites is 1. The van der Waals surface area contributed by atoms with Gasteiger partial charge in [-0.15, -0.1) is 11.3 Å². The molecule has 2 aromatic rings. The van der Waals surface area contributed by atoms with Crippen LogP contribution in [0.25, 0.3) is 0 Å². The number of hydrogen-bond donors (Lipinski definition) is 2. The van der Waals surface area contributed by atoms with Crippen molar-refractivity contribution in [3.8, 4) is 5.75 Å². The van der Waals surface area contributed by atoms with E-state index in [9.17, 15) is 4.79 Å². The molecule has 0 saturated heterocycles. The average molecular weight is 304 g/mol. The van der Waals surface area contributed by atoms with Gasteiger partial charge < -0.3 is 15.4 Å². The van der Waals surface area contributed by atoms with Gasteiger partial charge in [0.25, 0.3) is 0 Å². The van der Waals surface area contributed by atoms with Crippen LogP contribution in [0.3, 0.4) is 0 Å². The molecule has 1 heterocycles. The Hall–Kier alpha value is -1.85. The van der Waals surface area contributed by atoms with E-state index in [0.29, 0.717) is 6.61 Å². The Morgan fingerprint density at radius 3 is 2.81 bits per heavy atom. The van der Waals surface area contributed by atoms with Crippen LogP contribution in [-0.2, 0) is 11.3 Å². The Kier molecular flexibility index (Phi) is 6.24. The Balaban J connectivity index is 1.62. The van der Waals surface area contributed by atoms with Gasteiger partial charge in [0, 0.05) is 18.3 Å². The van der Waals surface area contributed by atoms with E-state index in [1.54, 1.807) is 11.3 Å². The fraction of sp³-hybridized carbons (Fsp3) is 0.312. The van der Waals surface area contributed by atoms with Crippen molar-refractivity contribution in [1.82, 2.24) is 5.32 Å². The first-order valence-corrected chi connectivity index (χ1v) is 7.86. The lowest BCUT2D eigenvalue weighted by molar-refractivity contribution is -0.114. The molecular weight excluding hydrogens is 284 g/mol. The molecule has 1 amide bonds. The SMILES string of the molecule is CC(=O)Nc1ccsc1CNCCCOc1ccccc1. The molecule has 1 aromatic heterocycles. The van der Waals surface area contributed by atoms with E-state index < -0.39 is 0 Å². The maximum absolute atomic E-state index is 11.1. The molecule has 0 spiro atoms. The van der Waals surface area contributed by atoms with Crippen LogP contribution >= 0.6 is 11.3 Å². The van der Waals surface area contributed by atoms with Gasteiger partial charge in [0.15, 0.2) is 0 Å². The number of ether oxygens (including phenoxy) is 1. The molecule has 2 rings (SSSR count). The van der Waals surface area contributed by atoms with Gasteiger partial charge in [-0.05, 0) is 36.5 Å². The maximum Gasteiger partial charge on any atom is 0.221 e. The van der Waals surface area contributed by atoms with Crippen molar-refractivity contribution in [2.24, 2.45) is 0 Å². The van der Waals surface area contributed by atoms with Crippen LogP contribution in [0.2, 0.25) is 0 Å². The molecule has 4 nitrogen and oxygen atoms in total. The number of thiophene rings is 1. The second-order valence-corrected chi connectivity index (χ2v) is 5.63. The molecule has 0 saturated carbocycles. The van der Waals surface area contributed by atoms with Crippen LogP contribution in [0.1, 0.15) is 18.2 Å². The standard InChI is InChI=1S/C16H20N2O2S/c1-13(19)18-15-8-11-21-16(15)12-17-9-5-10-20-14-6-3-2-4-7-14/h2-4,6-8,11,17H,5,9-10,12H2,1H3,(H,18,19). The topological polar surface area (TPSA) is 50.4 Å². The summed E-state index contributed by atoms with van der Waals surface area (Å²) in [6, 6.07) is 11.8. The number of hydrogen-bond acceptors (Lipinski definition) is 4. The summed E-state index contributed by atoms with van der Waals surface area (Å²) < 4.78 is 5.63. The Bertz CT molecular complexity index is 554. The van der Waals surface area contributed by atoms with Gasteiger partial charge in [-0.1, -0.05) is 18.2 Å². The third kappa shape index (κ3) is 5.57. The zero-order chi connectivity index (χ0) is 14.9. The van der Waals surface area contributed by atoms with Gasteiger partial charge >= 0.3 is 0 Å². The normalized spacial score (nSPS) is 10.3. The molecule has 0 radical (unpaired) electrons. The predicted molar refractivity (Wildman–Crippen MR) is 86.9 cm³/mol. The molecule has 5 heteroatoms. The molecule has 0 fully saturated rings. The first-order valence-electron chi connectivity index (χ1n) is 6.98. The van der Waals surface area contributed by atoms with E-state index in [2.05, 4.69) is 10.6 Å². The average Bonchev–Trinajstić information content (AvgIpc) is 2.90. The molecular formula is C16H20N2O2S. The van der Waals surface area contributed by atoms with Crippen LogP contribution in [-0.4, -0.2) is 19.1 Å². The van der Waals surface area contributed by atoms with Gasteiger partial charge in [-0.2, -0.15) is 0 Å². The minimum absolute atomic E-state index is 0.0362. The van der Waals surface area contributed by atoms with Crippen LogP contribution in [0.5, 0.6) is 5.75 Å². The molecule has 0 unspecified atom stereocenters. The van der Waals surface area contributed by atoms with Crippen molar-refractivity contribution < 1.29 is 9.53 Å². The third-order valence-corrected chi connectivity index (χ3v) is 3.77. The number of nitrogens with one attached hydrogen (secondary N) is 2. The van der Waals surface area contributed by atoms with E-state index in [1.165, 1.54) is 6.92 Å². The van der Waals surface area contributed by atoms with Crippen LogP contribution < -0.4 is 15.4 Å². The zero-order valence-electron chi connectivity index (χ0n) is 12.1. The minimum Gasteiger partial charge on any atom is -0.494 e. The number of anilines is 1. The van der Waals surface area contributed by atoms with Crippen molar-refractivity contribution in [3.63, 3.8) is 0 Å². The number of amides is 1. The molecule has 112 valence electrons. The van der Waals surface area contributed by atoms with Gasteiger partial charge in [-0.25, -0.2) is 0 Å². The summed E-state index contributed by atoms with van der Waals surface area (Å²) >= 11 is 1.64. The molecule has 0 aliphatic heterocycles. The van der Waals surface area contributed by atoms with Crippen molar-refractivity contribution in [3.05, 3.63) is 46.7 Å². The van der Waals surface area contributed by atoms with E-state index in [1.807, 2.05) is 41.8 Å². The lowest BCUT2D eigenvalue weighted by atomic mass is 10.3. The van der Waals surface area contributed by atoms with Crippen LogP contribution in [0.4, 0.5) is 5.69 Å².